The summed E-state index contributed by atoms with van der Waals surface area (Å²) in [6.07, 6.45) is 4.59. The van der Waals surface area contributed by atoms with Crippen LogP contribution in [0.25, 0.3) is 0 Å². The van der Waals surface area contributed by atoms with Gasteiger partial charge in [-0.1, -0.05) is 30.3 Å². The Balaban J connectivity index is 0.00000289. The number of aromatic nitrogens is 2. The summed E-state index contributed by atoms with van der Waals surface area (Å²) in [5.74, 6) is 0.479. The summed E-state index contributed by atoms with van der Waals surface area (Å²) in [6.45, 7) is 2.60. The SMILES string of the molecule is CN=C(NCc1nccn1Cc1ccccc1)NC1CCN(c2ccc(F)cc2F)C1.I. The smallest absolute Gasteiger partial charge is 0.191 e. The van der Waals surface area contributed by atoms with Crippen LogP contribution in [0.2, 0.25) is 0 Å². The van der Waals surface area contributed by atoms with Crippen molar-refractivity contribution >= 4 is 35.6 Å². The van der Waals surface area contributed by atoms with Crippen LogP contribution in [0, 0.1) is 11.6 Å². The molecule has 6 nitrogen and oxygen atoms in total. The predicted molar refractivity (Wildman–Crippen MR) is 133 cm³/mol. The number of aliphatic imine (C=N–C) groups is 1. The molecule has 1 saturated heterocycles. The quantitative estimate of drug-likeness (QED) is 0.278. The van der Waals surface area contributed by atoms with Crippen molar-refractivity contribution in [3.63, 3.8) is 0 Å². The van der Waals surface area contributed by atoms with Gasteiger partial charge in [0.05, 0.1) is 12.2 Å². The van der Waals surface area contributed by atoms with E-state index in [9.17, 15) is 8.78 Å². The summed E-state index contributed by atoms with van der Waals surface area (Å²) in [5.41, 5.74) is 1.64. The van der Waals surface area contributed by atoms with E-state index in [1.54, 1.807) is 13.2 Å². The number of hydrogen-bond acceptors (Lipinski definition) is 3. The van der Waals surface area contributed by atoms with E-state index in [4.69, 9.17) is 0 Å². The minimum absolute atomic E-state index is 0. The molecule has 1 atom stereocenters. The van der Waals surface area contributed by atoms with Gasteiger partial charge >= 0.3 is 0 Å². The Labute approximate surface area is 203 Å². The van der Waals surface area contributed by atoms with Crippen molar-refractivity contribution in [1.82, 2.24) is 20.2 Å². The van der Waals surface area contributed by atoms with Crippen molar-refractivity contribution in [2.75, 3.05) is 25.0 Å². The van der Waals surface area contributed by atoms with Gasteiger partial charge in [-0.2, -0.15) is 0 Å². The molecule has 0 spiro atoms. The van der Waals surface area contributed by atoms with Gasteiger partial charge in [-0.05, 0) is 24.1 Å². The molecule has 0 amide bonds. The van der Waals surface area contributed by atoms with Gasteiger partial charge in [-0.25, -0.2) is 13.8 Å². The third kappa shape index (κ3) is 5.96. The molecule has 0 radical (unpaired) electrons. The van der Waals surface area contributed by atoms with Crippen molar-refractivity contribution in [1.29, 1.82) is 0 Å². The lowest BCUT2D eigenvalue weighted by Gasteiger charge is -2.21. The van der Waals surface area contributed by atoms with E-state index in [0.29, 0.717) is 31.3 Å². The number of halogens is 3. The molecule has 1 fully saturated rings. The van der Waals surface area contributed by atoms with E-state index in [1.807, 2.05) is 29.3 Å². The highest BCUT2D eigenvalue weighted by atomic mass is 127. The standard InChI is InChI=1S/C23H26F2N6.HI/c1-26-23(28-14-22-27-10-12-31(22)15-17-5-3-2-4-6-17)29-19-9-11-30(16-19)21-8-7-18(24)13-20(21)25;/h2-8,10,12-13,19H,9,11,14-16H2,1H3,(H2,26,28,29);1H. The van der Waals surface area contributed by atoms with Crippen LogP contribution < -0.4 is 15.5 Å². The van der Waals surface area contributed by atoms with E-state index in [0.717, 1.165) is 24.9 Å². The highest BCUT2D eigenvalue weighted by Crippen LogP contribution is 2.24. The number of benzene rings is 2. The zero-order valence-electron chi connectivity index (χ0n) is 17.8. The average molecular weight is 552 g/mol. The van der Waals surface area contributed by atoms with Crippen molar-refractivity contribution in [3.8, 4) is 0 Å². The third-order valence-corrected chi connectivity index (χ3v) is 5.41. The number of hydrogen-bond donors (Lipinski definition) is 2. The molecule has 2 heterocycles. The van der Waals surface area contributed by atoms with Gasteiger partial charge in [0.1, 0.15) is 17.5 Å². The zero-order valence-corrected chi connectivity index (χ0v) is 20.2. The zero-order chi connectivity index (χ0) is 21.6. The van der Waals surface area contributed by atoms with Gasteiger partial charge in [0.25, 0.3) is 0 Å². The first-order chi connectivity index (χ1) is 15.1. The third-order valence-electron chi connectivity index (χ3n) is 5.41. The first-order valence-corrected chi connectivity index (χ1v) is 10.3. The van der Waals surface area contributed by atoms with Gasteiger partial charge in [-0.3, -0.25) is 4.99 Å². The lowest BCUT2D eigenvalue weighted by molar-refractivity contribution is 0.580. The monoisotopic (exact) mass is 552 g/mol. The Morgan fingerprint density at radius 3 is 2.75 bits per heavy atom. The van der Waals surface area contributed by atoms with Crippen molar-refractivity contribution in [2.45, 2.75) is 25.6 Å². The molecule has 1 aromatic heterocycles. The second-order valence-electron chi connectivity index (χ2n) is 7.55. The normalized spacial score (nSPS) is 16.0. The van der Waals surface area contributed by atoms with Crippen molar-refractivity contribution in [3.05, 3.63) is 83.9 Å². The van der Waals surface area contributed by atoms with E-state index < -0.39 is 11.6 Å². The first kappa shape index (κ1) is 24.0. The van der Waals surface area contributed by atoms with E-state index in [2.05, 4.69) is 37.3 Å². The summed E-state index contributed by atoms with van der Waals surface area (Å²) in [5, 5.41) is 6.70. The number of nitrogens with one attached hydrogen (secondary N) is 2. The number of guanidine groups is 1. The predicted octanol–water partition coefficient (Wildman–Crippen LogP) is 3.77. The van der Waals surface area contributed by atoms with Gasteiger partial charge < -0.3 is 20.1 Å². The van der Waals surface area contributed by atoms with Gasteiger partial charge in [0, 0.05) is 51.2 Å². The van der Waals surface area contributed by atoms with Gasteiger partial charge in [-0.15, -0.1) is 24.0 Å². The number of nitrogens with zero attached hydrogens (tertiary/aromatic N) is 4. The molecule has 9 heteroatoms. The molecule has 4 rings (SSSR count). The Morgan fingerprint density at radius 1 is 1.19 bits per heavy atom. The Bertz CT molecular complexity index is 1040. The average Bonchev–Trinajstić information content (AvgIpc) is 3.41. The molecular formula is C23H27F2IN6. The van der Waals surface area contributed by atoms with Crippen LogP contribution in [0.4, 0.5) is 14.5 Å². The second-order valence-corrected chi connectivity index (χ2v) is 7.55. The molecule has 0 saturated carbocycles. The fourth-order valence-corrected chi connectivity index (χ4v) is 3.82. The minimum atomic E-state index is -0.564. The fraction of sp³-hybridized carbons (Fsp3) is 0.304. The Kier molecular flexibility index (Phi) is 8.43. The highest BCUT2D eigenvalue weighted by Gasteiger charge is 2.25. The van der Waals surface area contributed by atoms with Crippen LogP contribution in [-0.4, -0.2) is 41.7 Å². The largest absolute Gasteiger partial charge is 0.367 e. The van der Waals surface area contributed by atoms with E-state index in [1.165, 1.54) is 17.7 Å². The molecule has 0 aliphatic carbocycles. The summed E-state index contributed by atoms with van der Waals surface area (Å²) in [4.78, 5) is 10.7. The first-order valence-electron chi connectivity index (χ1n) is 10.3. The maximum atomic E-state index is 14.1. The Morgan fingerprint density at radius 2 is 2.00 bits per heavy atom. The van der Waals surface area contributed by atoms with Crippen LogP contribution in [-0.2, 0) is 13.1 Å². The molecule has 0 bridgehead atoms. The van der Waals surface area contributed by atoms with Crippen LogP contribution in [0.5, 0.6) is 0 Å². The van der Waals surface area contributed by atoms with E-state index >= 15 is 0 Å². The second kappa shape index (κ2) is 11.3. The number of imidazole rings is 1. The molecule has 1 aliphatic heterocycles. The van der Waals surface area contributed by atoms with Crippen LogP contribution in [0.1, 0.15) is 17.8 Å². The molecule has 1 unspecified atom stereocenters. The molecular weight excluding hydrogens is 525 g/mol. The minimum Gasteiger partial charge on any atom is -0.367 e. The van der Waals surface area contributed by atoms with Crippen LogP contribution in [0.3, 0.4) is 0 Å². The maximum absolute atomic E-state index is 14.1. The summed E-state index contributed by atoms with van der Waals surface area (Å²) >= 11 is 0. The summed E-state index contributed by atoms with van der Waals surface area (Å²) < 4.78 is 29.4. The van der Waals surface area contributed by atoms with Gasteiger partial charge in [0.15, 0.2) is 5.96 Å². The molecule has 2 aromatic carbocycles. The molecule has 3 aromatic rings. The van der Waals surface area contributed by atoms with Gasteiger partial charge in [0.2, 0.25) is 0 Å². The Hall–Kier alpha value is -2.69. The van der Waals surface area contributed by atoms with Crippen LogP contribution >= 0.6 is 24.0 Å². The molecule has 170 valence electrons. The number of rotatable bonds is 6. The summed E-state index contributed by atoms with van der Waals surface area (Å²) in [7, 11) is 1.72. The fourth-order valence-electron chi connectivity index (χ4n) is 3.82. The topological polar surface area (TPSA) is 57.5 Å². The number of anilines is 1. The summed E-state index contributed by atoms with van der Waals surface area (Å²) in [6, 6.07) is 14.1. The van der Waals surface area contributed by atoms with Crippen molar-refractivity contribution in [2.24, 2.45) is 4.99 Å². The molecule has 1 aliphatic rings. The highest BCUT2D eigenvalue weighted by molar-refractivity contribution is 14.0. The lowest BCUT2D eigenvalue weighted by atomic mass is 10.2. The molecule has 2 N–H and O–H groups in total. The lowest BCUT2D eigenvalue weighted by Crippen LogP contribution is -2.44. The maximum Gasteiger partial charge on any atom is 0.191 e. The molecule has 32 heavy (non-hydrogen) atoms. The van der Waals surface area contributed by atoms with Crippen molar-refractivity contribution < 1.29 is 8.78 Å². The van der Waals surface area contributed by atoms with E-state index in [-0.39, 0.29) is 30.0 Å². The van der Waals surface area contributed by atoms with Crippen LogP contribution in [0.15, 0.2) is 65.9 Å².